The molecule has 2 saturated carbocycles. The van der Waals surface area contributed by atoms with Crippen molar-refractivity contribution in [2.24, 2.45) is 0 Å². The van der Waals surface area contributed by atoms with Gasteiger partial charge in [0, 0.05) is 17.2 Å². The van der Waals surface area contributed by atoms with Gasteiger partial charge >= 0.3 is 0 Å². The van der Waals surface area contributed by atoms with E-state index in [0.717, 1.165) is 31.6 Å². The molecule has 8 nitrogen and oxygen atoms in total. The molecule has 1 unspecified atom stereocenters. The predicted molar refractivity (Wildman–Crippen MR) is 134 cm³/mol. The first kappa shape index (κ1) is 25.4. The first-order valence-electron chi connectivity index (χ1n) is 12.3. The lowest BCUT2D eigenvalue weighted by molar-refractivity contribution is -0.132. The van der Waals surface area contributed by atoms with Crippen molar-refractivity contribution in [3.05, 3.63) is 54.0 Å². The van der Waals surface area contributed by atoms with Crippen LogP contribution in [0.5, 0.6) is 0 Å². The van der Waals surface area contributed by atoms with Crippen LogP contribution >= 0.6 is 0 Å². The molecule has 0 aliphatic heterocycles. The first-order valence-corrected chi connectivity index (χ1v) is 14.2. The first-order chi connectivity index (χ1) is 17.5. The maximum Gasteiger partial charge on any atom is 0.241 e. The van der Waals surface area contributed by atoms with Gasteiger partial charge in [0.2, 0.25) is 5.91 Å². The van der Waals surface area contributed by atoms with Crippen LogP contribution in [-0.4, -0.2) is 36.8 Å². The van der Waals surface area contributed by atoms with Crippen molar-refractivity contribution >= 4 is 26.7 Å². The van der Waals surface area contributed by atoms with Crippen LogP contribution in [0, 0.1) is 17.1 Å². The largest absolute Gasteiger partial charge is 0.457 e. The maximum atomic E-state index is 14.7. The van der Waals surface area contributed by atoms with Crippen LogP contribution in [0.1, 0.15) is 56.9 Å². The van der Waals surface area contributed by atoms with Gasteiger partial charge in [-0.3, -0.25) is 10.1 Å². The normalized spacial score (nSPS) is 19.2. The molecular formula is C27H28FN3O5S. The fourth-order valence-corrected chi connectivity index (χ4v) is 5.60. The van der Waals surface area contributed by atoms with Crippen LogP contribution in [0.4, 0.5) is 4.39 Å². The monoisotopic (exact) mass is 525 g/mol. The zero-order valence-corrected chi connectivity index (χ0v) is 21.2. The molecule has 5 rings (SSSR count). The van der Waals surface area contributed by atoms with Crippen molar-refractivity contribution in [2.45, 2.75) is 67.1 Å². The molecule has 1 heterocycles. The predicted octanol–water partition coefficient (Wildman–Crippen LogP) is 4.10. The minimum atomic E-state index is -3.53. The van der Waals surface area contributed by atoms with Gasteiger partial charge in [-0.25, -0.2) is 12.8 Å². The van der Waals surface area contributed by atoms with Crippen molar-refractivity contribution in [1.82, 2.24) is 10.6 Å². The van der Waals surface area contributed by atoms with E-state index in [1.165, 1.54) is 12.1 Å². The lowest BCUT2D eigenvalue weighted by atomic mass is 9.80. The summed E-state index contributed by atoms with van der Waals surface area (Å²) >= 11 is 0. The Bertz CT molecular complexity index is 1510. The summed E-state index contributed by atoms with van der Waals surface area (Å²) in [6.45, 7) is 0. The Morgan fingerprint density at radius 3 is 2.46 bits per heavy atom. The number of nitriles is 1. The molecule has 2 aromatic carbocycles. The van der Waals surface area contributed by atoms with Gasteiger partial charge in [-0.1, -0.05) is 37.5 Å². The van der Waals surface area contributed by atoms with E-state index in [1.807, 2.05) is 0 Å². The van der Waals surface area contributed by atoms with E-state index < -0.39 is 33.0 Å². The SMILES string of the molecule is CS(=O)(=O)c1ccc(-c2ccc3cc(C(O)NC4(C(=O)NC5(C#N)CC5)CCCCC4)oc3c2)c(F)c1. The standard InChI is InChI=1S/C27H28FN3O5S/c1-37(34,35)19-7-8-20(21(28)15-19)17-5-6-18-14-23(36-22(18)13-17)24(32)30-27(9-3-2-4-10-27)25(33)31-26(16-29)11-12-26/h5-8,13-15,24,30,32H,2-4,9-12H2,1H3,(H,31,33). The molecule has 3 N–H and O–H groups in total. The Morgan fingerprint density at radius 2 is 1.84 bits per heavy atom. The topological polar surface area (TPSA) is 132 Å². The molecule has 0 saturated heterocycles. The summed E-state index contributed by atoms with van der Waals surface area (Å²) in [6.07, 6.45) is 4.68. The second-order valence-electron chi connectivity index (χ2n) is 10.2. The number of fused-ring (bicyclic) bond motifs is 1. The Balaban J connectivity index is 1.40. The van der Waals surface area contributed by atoms with Crippen molar-refractivity contribution in [3.63, 3.8) is 0 Å². The lowest BCUT2D eigenvalue weighted by Crippen LogP contribution is -2.60. The van der Waals surface area contributed by atoms with Gasteiger partial charge in [0.15, 0.2) is 16.1 Å². The van der Waals surface area contributed by atoms with Gasteiger partial charge in [-0.05, 0) is 55.5 Å². The van der Waals surface area contributed by atoms with E-state index in [9.17, 15) is 28.0 Å². The average Bonchev–Trinajstić information content (AvgIpc) is 3.50. The number of furan rings is 1. The van der Waals surface area contributed by atoms with Gasteiger partial charge < -0.3 is 14.8 Å². The summed E-state index contributed by atoms with van der Waals surface area (Å²) < 4.78 is 44.1. The maximum absolute atomic E-state index is 14.7. The van der Waals surface area contributed by atoms with E-state index >= 15 is 0 Å². The molecule has 1 atom stereocenters. The van der Waals surface area contributed by atoms with Crippen molar-refractivity contribution in [2.75, 3.05) is 6.26 Å². The number of amides is 1. The van der Waals surface area contributed by atoms with Crippen LogP contribution in [0.25, 0.3) is 22.1 Å². The number of nitrogens with zero attached hydrogens (tertiary/aromatic N) is 1. The summed E-state index contributed by atoms with van der Waals surface area (Å²) in [7, 11) is -3.53. The van der Waals surface area contributed by atoms with Crippen LogP contribution in [0.15, 0.2) is 51.8 Å². The summed E-state index contributed by atoms with van der Waals surface area (Å²) in [5, 5.41) is 27.1. The zero-order valence-electron chi connectivity index (χ0n) is 20.4. The molecule has 10 heteroatoms. The van der Waals surface area contributed by atoms with Gasteiger partial charge in [0.1, 0.15) is 28.2 Å². The third-order valence-corrected chi connectivity index (χ3v) is 8.47. The van der Waals surface area contributed by atoms with Gasteiger partial charge in [-0.2, -0.15) is 5.26 Å². The Hall–Kier alpha value is -3.26. The highest BCUT2D eigenvalue weighted by Crippen LogP contribution is 2.38. The van der Waals surface area contributed by atoms with Crippen LogP contribution in [0.3, 0.4) is 0 Å². The fourth-order valence-electron chi connectivity index (χ4n) is 4.97. The van der Waals surface area contributed by atoms with E-state index in [2.05, 4.69) is 16.7 Å². The zero-order chi connectivity index (χ0) is 26.4. The summed E-state index contributed by atoms with van der Waals surface area (Å²) in [5.41, 5.74) is -0.709. The third kappa shape index (κ3) is 4.99. The molecule has 2 aliphatic rings. The quantitative estimate of drug-likeness (QED) is 0.396. The number of halogens is 1. The molecule has 2 fully saturated rings. The molecule has 3 aromatic rings. The highest BCUT2D eigenvalue weighted by atomic mass is 32.2. The van der Waals surface area contributed by atoms with Crippen LogP contribution in [-0.2, 0) is 14.6 Å². The van der Waals surface area contributed by atoms with Crippen molar-refractivity contribution < 1.29 is 27.1 Å². The number of aliphatic hydroxyl groups is 1. The van der Waals surface area contributed by atoms with E-state index in [1.54, 1.807) is 24.3 Å². The molecule has 0 bridgehead atoms. The number of carbonyl (C=O) groups is 1. The molecule has 2 aliphatic carbocycles. The average molecular weight is 526 g/mol. The van der Waals surface area contributed by atoms with Gasteiger partial charge in [0.25, 0.3) is 0 Å². The molecule has 37 heavy (non-hydrogen) atoms. The number of nitrogens with one attached hydrogen (secondary N) is 2. The second kappa shape index (κ2) is 9.24. The smallest absolute Gasteiger partial charge is 0.241 e. The Kier molecular flexibility index (Phi) is 6.34. The number of rotatable bonds is 7. The van der Waals surface area contributed by atoms with Gasteiger partial charge in [-0.15, -0.1) is 0 Å². The number of sulfone groups is 1. The lowest BCUT2D eigenvalue weighted by Gasteiger charge is -2.38. The second-order valence-corrected chi connectivity index (χ2v) is 12.2. The third-order valence-electron chi connectivity index (χ3n) is 7.36. The minimum absolute atomic E-state index is 0.104. The van der Waals surface area contributed by atoms with E-state index in [4.69, 9.17) is 4.42 Å². The highest BCUT2D eigenvalue weighted by Gasteiger charge is 2.50. The molecule has 0 spiro atoms. The molecule has 1 amide bonds. The summed E-state index contributed by atoms with van der Waals surface area (Å²) in [6, 6.07) is 12.6. The van der Waals surface area contributed by atoms with E-state index in [-0.39, 0.29) is 22.1 Å². The number of carbonyl (C=O) groups excluding carboxylic acids is 1. The van der Waals surface area contributed by atoms with Crippen molar-refractivity contribution in [1.29, 1.82) is 5.26 Å². The number of aliphatic hydroxyl groups excluding tert-OH is 1. The summed E-state index contributed by atoms with van der Waals surface area (Å²) in [4.78, 5) is 13.1. The van der Waals surface area contributed by atoms with Crippen molar-refractivity contribution in [3.8, 4) is 17.2 Å². The molecule has 194 valence electrons. The molecular weight excluding hydrogens is 497 g/mol. The number of hydrogen-bond acceptors (Lipinski definition) is 7. The fraction of sp³-hybridized carbons (Fsp3) is 0.407. The summed E-state index contributed by atoms with van der Waals surface area (Å²) in [5.74, 6) is -0.747. The molecule has 0 radical (unpaired) electrons. The molecule has 1 aromatic heterocycles. The van der Waals surface area contributed by atoms with Crippen LogP contribution < -0.4 is 10.6 Å². The number of benzene rings is 2. The van der Waals surface area contributed by atoms with Gasteiger partial charge in [0.05, 0.1) is 11.0 Å². The van der Waals surface area contributed by atoms with E-state index in [0.29, 0.717) is 42.2 Å². The minimum Gasteiger partial charge on any atom is -0.457 e. The highest BCUT2D eigenvalue weighted by molar-refractivity contribution is 7.90. The Morgan fingerprint density at radius 1 is 1.11 bits per heavy atom. The van der Waals surface area contributed by atoms with Crippen LogP contribution in [0.2, 0.25) is 0 Å². The Labute approximate surface area is 214 Å². The number of hydrogen-bond donors (Lipinski definition) is 3.